The van der Waals surface area contributed by atoms with E-state index in [2.05, 4.69) is 0 Å². The molecule has 8 nitrogen and oxygen atoms in total. The van der Waals surface area contributed by atoms with E-state index in [1.54, 1.807) is 20.8 Å². The van der Waals surface area contributed by atoms with E-state index in [0.717, 1.165) is 0 Å². The molecule has 0 aromatic heterocycles. The van der Waals surface area contributed by atoms with Crippen LogP contribution in [0.4, 0.5) is 0 Å². The molecule has 3 rings (SSSR count). The fourth-order valence-corrected chi connectivity index (χ4v) is 4.62. The van der Waals surface area contributed by atoms with Crippen LogP contribution in [0.3, 0.4) is 0 Å². The highest BCUT2D eigenvalue weighted by molar-refractivity contribution is 5.88. The maximum absolute atomic E-state index is 12.5. The van der Waals surface area contributed by atoms with Gasteiger partial charge >= 0.3 is 23.9 Å². The fraction of sp³-hybridized carbons (Fsp3) is 0.789. The van der Waals surface area contributed by atoms with Crippen molar-refractivity contribution >= 4 is 23.9 Å². The first-order valence-corrected chi connectivity index (χ1v) is 9.18. The molecular weight excluding hydrogens is 356 g/mol. The van der Waals surface area contributed by atoms with Crippen LogP contribution in [0, 0.1) is 22.2 Å². The van der Waals surface area contributed by atoms with Gasteiger partial charge in [-0.3, -0.25) is 14.4 Å². The van der Waals surface area contributed by atoms with Crippen LogP contribution in [0.5, 0.6) is 0 Å². The van der Waals surface area contributed by atoms with E-state index in [1.165, 1.54) is 7.11 Å². The van der Waals surface area contributed by atoms with Gasteiger partial charge in [0, 0.05) is 5.92 Å². The summed E-state index contributed by atoms with van der Waals surface area (Å²) in [6.45, 7) is 6.51. The minimum atomic E-state index is -1.10. The molecule has 1 heterocycles. The maximum atomic E-state index is 12.5. The first kappa shape index (κ1) is 19.6. The third-order valence-corrected chi connectivity index (χ3v) is 6.64. The highest BCUT2D eigenvalue weighted by Gasteiger charge is 2.78. The second-order valence-corrected chi connectivity index (χ2v) is 8.65. The molecule has 8 heteroatoms. The summed E-state index contributed by atoms with van der Waals surface area (Å²) in [6.07, 6.45) is -0.463. The zero-order chi connectivity index (χ0) is 20.2. The molecule has 2 saturated carbocycles. The lowest BCUT2D eigenvalue weighted by Crippen LogP contribution is -2.49. The van der Waals surface area contributed by atoms with Crippen LogP contribution < -0.4 is 0 Å². The molecule has 0 aromatic carbocycles. The number of rotatable bonds is 6. The number of hydrogen-bond acceptors (Lipinski definition) is 8. The van der Waals surface area contributed by atoms with Gasteiger partial charge in [0.25, 0.3) is 0 Å². The summed E-state index contributed by atoms with van der Waals surface area (Å²) in [5, 5.41) is 0. The van der Waals surface area contributed by atoms with Crippen molar-refractivity contribution in [2.24, 2.45) is 22.2 Å². The predicted molar refractivity (Wildman–Crippen MR) is 90.1 cm³/mol. The second-order valence-electron chi connectivity index (χ2n) is 8.65. The van der Waals surface area contributed by atoms with Gasteiger partial charge in [0.15, 0.2) is 12.7 Å². The summed E-state index contributed by atoms with van der Waals surface area (Å²) < 4.78 is 20.9. The minimum Gasteiger partial charge on any atom is -0.468 e. The number of carbonyl (C=O) groups excluding carboxylic acids is 4. The molecule has 5 atom stereocenters. The van der Waals surface area contributed by atoms with E-state index < -0.39 is 53.0 Å². The van der Waals surface area contributed by atoms with Gasteiger partial charge in [0.05, 0.1) is 17.9 Å². The molecule has 0 spiro atoms. The van der Waals surface area contributed by atoms with Crippen molar-refractivity contribution in [1.29, 1.82) is 0 Å². The first-order valence-electron chi connectivity index (χ1n) is 9.18. The Morgan fingerprint density at radius 2 is 1.96 bits per heavy atom. The largest absolute Gasteiger partial charge is 0.468 e. The Balaban J connectivity index is 1.73. The van der Waals surface area contributed by atoms with Crippen LogP contribution in [-0.4, -0.2) is 49.8 Å². The predicted octanol–water partition coefficient (Wildman–Crippen LogP) is 1.39. The smallest absolute Gasteiger partial charge is 0.344 e. The molecule has 27 heavy (non-hydrogen) atoms. The molecule has 0 radical (unpaired) electrons. The molecule has 0 amide bonds. The summed E-state index contributed by atoms with van der Waals surface area (Å²) >= 11 is 0. The van der Waals surface area contributed by atoms with Crippen LogP contribution >= 0.6 is 0 Å². The number of ether oxygens (including phenoxy) is 4. The lowest BCUT2D eigenvalue weighted by Gasteiger charge is -2.35. The molecule has 3 fully saturated rings. The average Bonchev–Trinajstić information content (AvgIpc) is 3.16. The SMILES string of the molecule is CCC(C)(C)C(=O)OCC(=O)OC1C2OC(=O)C3(C)CC1(C(=O)OC)CC23. The number of fused-ring (bicyclic) bond motifs is 1. The van der Waals surface area contributed by atoms with Gasteiger partial charge in [-0.1, -0.05) is 6.92 Å². The van der Waals surface area contributed by atoms with Crippen molar-refractivity contribution in [2.45, 2.75) is 59.2 Å². The molecule has 2 aliphatic carbocycles. The van der Waals surface area contributed by atoms with E-state index in [1.807, 2.05) is 6.92 Å². The second kappa shape index (κ2) is 6.21. The van der Waals surface area contributed by atoms with Gasteiger partial charge in [-0.25, -0.2) is 4.79 Å². The van der Waals surface area contributed by atoms with Crippen molar-refractivity contribution in [1.82, 2.24) is 0 Å². The maximum Gasteiger partial charge on any atom is 0.344 e. The third-order valence-electron chi connectivity index (χ3n) is 6.64. The zero-order valence-electron chi connectivity index (χ0n) is 16.3. The lowest BCUT2D eigenvalue weighted by atomic mass is 9.70. The third kappa shape index (κ3) is 2.72. The van der Waals surface area contributed by atoms with Crippen molar-refractivity contribution in [3.05, 3.63) is 0 Å². The number of esters is 4. The summed E-state index contributed by atoms with van der Waals surface area (Å²) in [7, 11) is 1.27. The van der Waals surface area contributed by atoms with Crippen molar-refractivity contribution in [3.8, 4) is 0 Å². The zero-order valence-corrected chi connectivity index (χ0v) is 16.3. The van der Waals surface area contributed by atoms with Gasteiger partial charge in [0.1, 0.15) is 11.5 Å². The number of carbonyl (C=O) groups is 4. The van der Waals surface area contributed by atoms with Crippen molar-refractivity contribution in [2.75, 3.05) is 13.7 Å². The Hall–Kier alpha value is -2.12. The van der Waals surface area contributed by atoms with Crippen LogP contribution in [0.1, 0.15) is 47.0 Å². The van der Waals surface area contributed by atoms with Gasteiger partial charge in [-0.2, -0.15) is 0 Å². The molecule has 0 N–H and O–H groups in total. The van der Waals surface area contributed by atoms with Crippen molar-refractivity contribution < 1.29 is 38.1 Å². The lowest BCUT2D eigenvalue weighted by molar-refractivity contribution is -0.183. The van der Waals surface area contributed by atoms with Gasteiger partial charge in [-0.15, -0.1) is 0 Å². The van der Waals surface area contributed by atoms with Gasteiger partial charge in [-0.05, 0) is 40.0 Å². The molecule has 1 saturated heterocycles. The van der Waals surface area contributed by atoms with E-state index >= 15 is 0 Å². The van der Waals surface area contributed by atoms with E-state index in [4.69, 9.17) is 18.9 Å². The highest BCUT2D eigenvalue weighted by atomic mass is 16.6. The standard InChI is InChI=1S/C19H26O8/c1-6-17(2,3)14(21)25-8-11(20)26-13-12-10-7-19(13,16(23)24-5)9-18(10,4)15(22)27-12/h10,12-13H,6-9H2,1-5H3. The van der Waals surface area contributed by atoms with Crippen LogP contribution in [0.25, 0.3) is 0 Å². The Bertz CT molecular complexity index is 698. The van der Waals surface area contributed by atoms with Crippen LogP contribution in [0.15, 0.2) is 0 Å². The molecule has 3 aliphatic rings. The minimum absolute atomic E-state index is 0.205. The van der Waals surface area contributed by atoms with Crippen LogP contribution in [0.2, 0.25) is 0 Å². The van der Waals surface area contributed by atoms with E-state index in [-0.39, 0.29) is 18.3 Å². The Morgan fingerprint density at radius 1 is 1.30 bits per heavy atom. The molecule has 150 valence electrons. The topological polar surface area (TPSA) is 105 Å². The molecule has 2 bridgehead atoms. The Kier molecular flexibility index (Phi) is 4.51. The first-order chi connectivity index (χ1) is 12.5. The fourth-order valence-electron chi connectivity index (χ4n) is 4.62. The molecular formula is C19H26O8. The summed E-state index contributed by atoms with van der Waals surface area (Å²) in [5.74, 6) is -2.38. The van der Waals surface area contributed by atoms with Crippen LogP contribution in [-0.2, 0) is 38.1 Å². The normalized spacial score (nSPS) is 36.3. The quantitative estimate of drug-likeness (QED) is 0.501. The highest BCUT2D eigenvalue weighted by Crippen LogP contribution is 2.68. The number of hydrogen-bond donors (Lipinski definition) is 0. The van der Waals surface area contributed by atoms with Gasteiger partial charge < -0.3 is 18.9 Å². The van der Waals surface area contributed by atoms with E-state index in [0.29, 0.717) is 12.8 Å². The summed E-state index contributed by atoms with van der Waals surface area (Å²) in [4.78, 5) is 49.1. The van der Waals surface area contributed by atoms with Gasteiger partial charge in [0.2, 0.25) is 0 Å². The summed E-state index contributed by atoms with van der Waals surface area (Å²) in [5.41, 5.74) is -2.57. The molecule has 5 unspecified atom stereocenters. The van der Waals surface area contributed by atoms with Crippen molar-refractivity contribution in [3.63, 3.8) is 0 Å². The Labute approximate surface area is 157 Å². The average molecular weight is 382 g/mol. The summed E-state index contributed by atoms with van der Waals surface area (Å²) in [6, 6.07) is 0. The molecule has 0 aromatic rings. The number of methoxy groups -OCH3 is 1. The van der Waals surface area contributed by atoms with E-state index in [9.17, 15) is 19.2 Å². The molecule has 1 aliphatic heterocycles. The monoisotopic (exact) mass is 382 g/mol. The Morgan fingerprint density at radius 3 is 2.56 bits per heavy atom.